The van der Waals surface area contributed by atoms with Gasteiger partial charge in [-0.1, -0.05) is 24.6 Å². The molecule has 0 radical (unpaired) electrons. The zero-order valence-corrected chi connectivity index (χ0v) is 12.2. The third-order valence-corrected chi connectivity index (χ3v) is 4.34. The molecule has 1 aliphatic heterocycles. The lowest BCUT2D eigenvalue weighted by Crippen LogP contribution is -2.34. The number of halogens is 1. The Kier molecular flexibility index (Phi) is 4.18. The van der Waals surface area contributed by atoms with Gasteiger partial charge in [-0.15, -0.1) is 0 Å². The Labute approximate surface area is 115 Å². The maximum absolute atomic E-state index is 6.44. The second-order valence-electron chi connectivity index (χ2n) is 5.40. The summed E-state index contributed by atoms with van der Waals surface area (Å²) in [5.74, 6) is 0. The number of benzene rings is 1. The van der Waals surface area contributed by atoms with Gasteiger partial charge in [0.15, 0.2) is 0 Å². The van der Waals surface area contributed by atoms with Crippen LogP contribution in [0.1, 0.15) is 51.6 Å². The van der Waals surface area contributed by atoms with Crippen molar-refractivity contribution in [3.63, 3.8) is 0 Å². The third kappa shape index (κ3) is 2.50. The van der Waals surface area contributed by atoms with E-state index in [2.05, 4.69) is 30.9 Å². The Bertz CT molecular complexity index is 417. The molecule has 1 fully saturated rings. The van der Waals surface area contributed by atoms with E-state index in [9.17, 15) is 0 Å². The number of rotatable bonds is 3. The number of anilines is 1. The minimum Gasteiger partial charge on any atom is -0.365 e. The summed E-state index contributed by atoms with van der Waals surface area (Å²) in [6.45, 7) is 6.52. The van der Waals surface area contributed by atoms with E-state index in [1.807, 2.05) is 13.0 Å². The highest BCUT2D eigenvalue weighted by molar-refractivity contribution is 6.33. The molecule has 3 unspecified atom stereocenters. The lowest BCUT2D eigenvalue weighted by atomic mass is 10.1. The van der Waals surface area contributed by atoms with Crippen LogP contribution in [0, 0.1) is 0 Å². The van der Waals surface area contributed by atoms with Crippen LogP contribution in [0.3, 0.4) is 0 Å². The molecule has 0 spiro atoms. The zero-order valence-electron chi connectivity index (χ0n) is 11.5. The summed E-state index contributed by atoms with van der Waals surface area (Å²) in [7, 11) is 0. The van der Waals surface area contributed by atoms with Crippen molar-refractivity contribution < 1.29 is 0 Å². The zero-order chi connectivity index (χ0) is 13.3. The topological polar surface area (TPSA) is 29.3 Å². The Morgan fingerprint density at radius 3 is 2.72 bits per heavy atom. The van der Waals surface area contributed by atoms with Gasteiger partial charge in [-0.25, -0.2) is 0 Å². The van der Waals surface area contributed by atoms with Crippen molar-refractivity contribution in [1.82, 2.24) is 0 Å². The van der Waals surface area contributed by atoms with Crippen molar-refractivity contribution in [3.8, 4) is 0 Å². The Hall–Kier alpha value is -0.730. The van der Waals surface area contributed by atoms with Crippen LogP contribution < -0.4 is 10.6 Å². The van der Waals surface area contributed by atoms with E-state index in [1.165, 1.54) is 19.3 Å². The van der Waals surface area contributed by atoms with Crippen LogP contribution in [0.4, 0.5) is 5.69 Å². The van der Waals surface area contributed by atoms with Crippen molar-refractivity contribution >= 4 is 17.3 Å². The van der Waals surface area contributed by atoms with Gasteiger partial charge in [0.05, 0.1) is 10.7 Å². The van der Waals surface area contributed by atoms with E-state index in [0.29, 0.717) is 12.1 Å². The molecule has 1 aliphatic rings. The van der Waals surface area contributed by atoms with Crippen LogP contribution in [0.5, 0.6) is 0 Å². The monoisotopic (exact) mass is 266 g/mol. The van der Waals surface area contributed by atoms with Gasteiger partial charge in [-0.3, -0.25) is 0 Å². The third-order valence-electron chi connectivity index (χ3n) is 4.03. The summed E-state index contributed by atoms with van der Waals surface area (Å²) >= 11 is 6.44. The minimum absolute atomic E-state index is 0.0366. The summed E-state index contributed by atoms with van der Waals surface area (Å²) in [6.07, 6.45) is 3.70. The van der Waals surface area contributed by atoms with E-state index in [0.717, 1.165) is 16.3 Å². The molecular weight excluding hydrogens is 244 g/mol. The first-order chi connectivity index (χ1) is 8.54. The van der Waals surface area contributed by atoms with Gasteiger partial charge in [0.1, 0.15) is 0 Å². The largest absolute Gasteiger partial charge is 0.365 e. The molecule has 2 nitrogen and oxygen atoms in total. The minimum atomic E-state index is 0.0366. The van der Waals surface area contributed by atoms with E-state index in [1.54, 1.807) is 0 Å². The summed E-state index contributed by atoms with van der Waals surface area (Å²) in [5.41, 5.74) is 8.16. The molecule has 1 aromatic rings. The quantitative estimate of drug-likeness (QED) is 0.891. The maximum atomic E-state index is 6.44. The van der Waals surface area contributed by atoms with Crippen molar-refractivity contribution in [2.24, 2.45) is 5.73 Å². The highest BCUT2D eigenvalue weighted by Crippen LogP contribution is 2.37. The predicted octanol–water partition coefficient (Wildman–Crippen LogP) is 4.13. The predicted molar refractivity (Wildman–Crippen MR) is 79.3 cm³/mol. The average molecular weight is 267 g/mol. The van der Waals surface area contributed by atoms with Crippen LogP contribution >= 0.6 is 11.6 Å². The van der Waals surface area contributed by atoms with Gasteiger partial charge in [0, 0.05) is 18.1 Å². The Balaban J connectivity index is 2.33. The standard InChI is InChI=1S/C15H23ClN2/c1-4-13-7-5-10(2)18(13)15-8-6-12(11(3)17)9-14(15)16/h6,8-11,13H,4-5,7,17H2,1-3H3. The first-order valence-corrected chi connectivity index (χ1v) is 7.25. The van der Waals surface area contributed by atoms with Crippen LogP contribution in [-0.4, -0.2) is 12.1 Å². The molecule has 1 heterocycles. The highest BCUT2D eigenvalue weighted by atomic mass is 35.5. The van der Waals surface area contributed by atoms with Crippen LogP contribution in [-0.2, 0) is 0 Å². The summed E-state index contributed by atoms with van der Waals surface area (Å²) in [6, 6.07) is 7.48. The SMILES string of the molecule is CCC1CCC(C)N1c1ccc(C(C)N)cc1Cl. The van der Waals surface area contributed by atoms with Crippen molar-refractivity contribution in [2.75, 3.05) is 4.90 Å². The second-order valence-corrected chi connectivity index (χ2v) is 5.80. The van der Waals surface area contributed by atoms with E-state index in [4.69, 9.17) is 17.3 Å². The lowest BCUT2D eigenvalue weighted by Gasteiger charge is -2.31. The summed E-state index contributed by atoms with van der Waals surface area (Å²) in [5, 5.41) is 0.831. The fourth-order valence-electron chi connectivity index (χ4n) is 2.92. The molecule has 100 valence electrons. The van der Waals surface area contributed by atoms with Gasteiger partial charge in [0.25, 0.3) is 0 Å². The van der Waals surface area contributed by atoms with E-state index in [-0.39, 0.29) is 6.04 Å². The molecule has 0 bridgehead atoms. The first-order valence-electron chi connectivity index (χ1n) is 6.88. The van der Waals surface area contributed by atoms with Gasteiger partial charge in [0.2, 0.25) is 0 Å². The molecule has 3 atom stereocenters. The second kappa shape index (κ2) is 5.50. The van der Waals surface area contributed by atoms with E-state index < -0.39 is 0 Å². The molecule has 2 rings (SSSR count). The van der Waals surface area contributed by atoms with Crippen molar-refractivity contribution in [3.05, 3.63) is 28.8 Å². The van der Waals surface area contributed by atoms with Crippen molar-refractivity contribution in [1.29, 1.82) is 0 Å². The first kappa shape index (κ1) is 13.7. The number of nitrogens with two attached hydrogens (primary N) is 1. The van der Waals surface area contributed by atoms with Crippen LogP contribution in [0.2, 0.25) is 5.02 Å². The number of nitrogens with zero attached hydrogens (tertiary/aromatic N) is 1. The molecule has 1 saturated heterocycles. The summed E-state index contributed by atoms with van der Waals surface area (Å²) in [4.78, 5) is 2.48. The molecule has 0 aliphatic carbocycles. The van der Waals surface area contributed by atoms with Gasteiger partial charge >= 0.3 is 0 Å². The molecule has 0 aromatic heterocycles. The molecule has 3 heteroatoms. The molecule has 1 aromatic carbocycles. The summed E-state index contributed by atoms with van der Waals surface area (Å²) < 4.78 is 0. The fourth-order valence-corrected chi connectivity index (χ4v) is 3.21. The highest BCUT2D eigenvalue weighted by Gasteiger charge is 2.30. The van der Waals surface area contributed by atoms with Crippen LogP contribution in [0.25, 0.3) is 0 Å². The Morgan fingerprint density at radius 2 is 2.17 bits per heavy atom. The van der Waals surface area contributed by atoms with Gasteiger partial charge in [-0.05, 0) is 50.8 Å². The van der Waals surface area contributed by atoms with Gasteiger partial charge in [-0.2, -0.15) is 0 Å². The Morgan fingerprint density at radius 1 is 1.44 bits per heavy atom. The van der Waals surface area contributed by atoms with Gasteiger partial charge < -0.3 is 10.6 Å². The molecule has 0 saturated carbocycles. The van der Waals surface area contributed by atoms with E-state index >= 15 is 0 Å². The fraction of sp³-hybridized carbons (Fsp3) is 0.600. The molecule has 2 N–H and O–H groups in total. The molecule has 0 amide bonds. The molecular formula is C15H23ClN2. The average Bonchev–Trinajstić information content (AvgIpc) is 2.70. The maximum Gasteiger partial charge on any atom is 0.0643 e. The number of hydrogen-bond acceptors (Lipinski definition) is 2. The lowest BCUT2D eigenvalue weighted by molar-refractivity contribution is 0.628. The normalized spacial score (nSPS) is 25.5. The molecule has 18 heavy (non-hydrogen) atoms. The van der Waals surface area contributed by atoms with Crippen LogP contribution in [0.15, 0.2) is 18.2 Å². The van der Waals surface area contributed by atoms with Crippen molar-refractivity contribution in [2.45, 2.75) is 58.2 Å². The number of hydrogen-bond donors (Lipinski definition) is 1. The smallest absolute Gasteiger partial charge is 0.0643 e.